The zero-order valence-corrected chi connectivity index (χ0v) is 9.74. The lowest BCUT2D eigenvalue weighted by Crippen LogP contribution is -2.14. The average Bonchev–Trinajstić information content (AvgIpc) is 2.07. The second-order valence-electron chi connectivity index (χ2n) is 3.28. The van der Waals surface area contributed by atoms with Gasteiger partial charge in [0.25, 0.3) is 0 Å². The molecule has 0 unspecified atom stereocenters. The maximum Gasteiger partial charge on any atom is 0.390 e. The summed E-state index contributed by atoms with van der Waals surface area (Å²) in [7, 11) is 0. The first-order chi connectivity index (χ1) is 6.88. The lowest BCUT2D eigenvalue weighted by molar-refractivity contribution is -0.131. The first kappa shape index (κ1) is 12.4. The van der Waals surface area contributed by atoms with E-state index in [1.165, 1.54) is 0 Å². The van der Waals surface area contributed by atoms with Crippen molar-refractivity contribution in [1.82, 2.24) is 0 Å². The third-order valence-corrected chi connectivity index (χ3v) is 2.50. The summed E-state index contributed by atoms with van der Waals surface area (Å²) in [6.45, 7) is 1.81. The van der Waals surface area contributed by atoms with Crippen LogP contribution in [0, 0.1) is 6.92 Å². The topological polar surface area (TPSA) is 12.0 Å². The van der Waals surface area contributed by atoms with Crippen molar-refractivity contribution in [3.8, 4) is 0 Å². The van der Waals surface area contributed by atoms with Crippen LogP contribution >= 0.6 is 15.9 Å². The number of benzene rings is 1. The van der Waals surface area contributed by atoms with Crippen LogP contribution in [-0.4, -0.2) is 12.7 Å². The highest BCUT2D eigenvalue weighted by molar-refractivity contribution is 9.10. The van der Waals surface area contributed by atoms with Crippen molar-refractivity contribution in [2.24, 2.45) is 0 Å². The van der Waals surface area contributed by atoms with Gasteiger partial charge in [-0.05, 0) is 40.5 Å². The number of alkyl halides is 3. The maximum atomic E-state index is 11.9. The first-order valence-corrected chi connectivity index (χ1v) is 5.24. The van der Waals surface area contributed by atoms with Gasteiger partial charge in [0.2, 0.25) is 0 Å². The summed E-state index contributed by atoms with van der Waals surface area (Å²) >= 11 is 3.28. The highest BCUT2D eigenvalue weighted by Crippen LogP contribution is 2.24. The SMILES string of the molecule is Cc1ccc(NCCC(F)(F)F)c(Br)c1. The van der Waals surface area contributed by atoms with Crippen molar-refractivity contribution in [1.29, 1.82) is 0 Å². The quantitative estimate of drug-likeness (QED) is 0.879. The van der Waals surface area contributed by atoms with Crippen LogP contribution in [0.15, 0.2) is 22.7 Å². The van der Waals surface area contributed by atoms with Crippen molar-refractivity contribution < 1.29 is 13.2 Å². The Morgan fingerprint density at radius 2 is 2.00 bits per heavy atom. The van der Waals surface area contributed by atoms with E-state index >= 15 is 0 Å². The highest BCUT2D eigenvalue weighted by atomic mass is 79.9. The zero-order valence-electron chi connectivity index (χ0n) is 8.16. The summed E-state index contributed by atoms with van der Waals surface area (Å²) in [5.74, 6) is 0. The largest absolute Gasteiger partial charge is 0.390 e. The Morgan fingerprint density at radius 3 is 2.53 bits per heavy atom. The molecule has 84 valence electrons. The van der Waals surface area contributed by atoms with E-state index in [4.69, 9.17) is 0 Å². The van der Waals surface area contributed by atoms with E-state index in [0.717, 1.165) is 10.0 Å². The van der Waals surface area contributed by atoms with Crippen LogP contribution in [0.25, 0.3) is 0 Å². The van der Waals surface area contributed by atoms with E-state index in [9.17, 15) is 13.2 Å². The van der Waals surface area contributed by atoms with Crippen LogP contribution in [-0.2, 0) is 0 Å². The predicted molar refractivity (Wildman–Crippen MR) is 58.0 cm³/mol. The van der Waals surface area contributed by atoms with Gasteiger partial charge in [-0.3, -0.25) is 0 Å². The normalized spacial score (nSPS) is 11.5. The van der Waals surface area contributed by atoms with Crippen molar-refractivity contribution in [2.75, 3.05) is 11.9 Å². The van der Waals surface area contributed by atoms with E-state index in [0.29, 0.717) is 5.69 Å². The molecule has 15 heavy (non-hydrogen) atoms. The predicted octanol–water partition coefficient (Wildman–Crippen LogP) is 4.12. The summed E-state index contributed by atoms with van der Waals surface area (Å²) in [6.07, 6.45) is -4.93. The summed E-state index contributed by atoms with van der Waals surface area (Å²) < 4.78 is 36.4. The molecule has 0 aromatic heterocycles. The van der Waals surface area contributed by atoms with Gasteiger partial charge in [-0.2, -0.15) is 13.2 Å². The molecule has 1 aromatic rings. The molecule has 0 aliphatic rings. The van der Waals surface area contributed by atoms with Crippen LogP contribution in [0.2, 0.25) is 0 Å². The summed E-state index contributed by atoms with van der Waals surface area (Å²) in [5.41, 5.74) is 1.74. The van der Waals surface area contributed by atoms with Crippen LogP contribution < -0.4 is 5.32 Å². The molecular weight excluding hydrogens is 271 g/mol. The molecule has 1 nitrogen and oxygen atoms in total. The maximum absolute atomic E-state index is 11.9. The Kier molecular flexibility index (Phi) is 4.02. The monoisotopic (exact) mass is 281 g/mol. The van der Waals surface area contributed by atoms with E-state index < -0.39 is 12.6 Å². The van der Waals surface area contributed by atoms with Gasteiger partial charge >= 0.3 is 6.18 Å². The zero-order chi connectivity index (χ0) is 11.5. The molecule has 0 radical (unpaired) electrons. The van der Waals surface area contributed by atoms with E-state index in [2.05, 4.69) is 21.2 Å². The van der Waals surface area contributed by atoms with Crippen molar-refractivity contribution in [2.45, 2.75) is 19.5 Å². The number of nitrogens with one attached hydrogen (secondary N) is 1. The van der Waals surface area contributed by atoms with Gasteiger partial charge in [0.05, 0.1) is 6.42 Å². The molecule has 0 aliphatic heterocycles. The number of halogens is 4. The second kappa shape index (κ2) is 4.88. The molecule has 1 aromatic carbocycles. The summed E-state index contributed by atoms with van der Waals surface area (Å²) in [5, 5.41) is 2.73. The van der Waals surface area contributed by atoms with Crippen molar-refractivity contribution in [3.63, 3.8) is 0 Å². The molecule has 0 amide bonds. The standard InChI is InChI=1S/C10H11BrF3N/c1-7-2-3-9(8(11)6-7)15-5-4-10(12,13)14/h2-3,6,15H,4-5H2,1H3. The first-order valence-electron chi connectivity index (χ1n) is 4.45. The lowest BCUT2D eigenvalue weighted by Gasteiger charge is -2.10. The third-order valence-electron chi connectivity index (χ3n) is 1.85. The fourth-order valence-electron chi connectivity index (χ4n) is 1.10. The molecular formula is C10H11BrF3N. The van der Waals surface area contributed by atoms with Crippen LogP contribution in [0.5, 0.6) is 0 Å². The summed E-state index contributed by atoms with van der Waals surface area (Å²) in [6, 6.07) is 5.46. The van der Waals surface area contributed by atoms with Gasteiger partial charge in [-0.1, -0.05) is 6.07 Å². The van der Waals surface area contributed by atoms with Gasteiger partial charge < -0.3 is 5.32 Å². The molecule has 1 rings (SSSR count). The Bertz CT molecular complexity index is 336. The molecule has 0 aliphatic carbocycles. The number of aryl methyl sites for hydroxylation is 1. The molecule has 0 saturated heterocycles. The minimum Gasteiger partial charge on any atom is -0.384 e. The number of hydrogen-bond acceptors (Lipinski definition) is 1. The summed E-state index contributed by atoms with van der Waals surface area (Å²) in [4.78, 5) is 0. The third kappa shape index (κ3) is 4.55. The van der Waals surface area contributed by atoms with Gasteiger partial charge in [0, 0.05) is 16.7 Å². The molecule has 0 atom stereocenters. The van der Waals surface area contributed by atoms with Gasteiger partial charge in [-0.25, -0.2) is 0 Å². The minimum absolute atomic E-state index is 0.106. The molecule has 1 N–H and O–H groups in total. The van der Waals surface area contributed by atoms with E-state index in [-0.39, 0.29) is 6.54 Å². The Hall–Kier alpha value is -0.710. The Balaban J connectivity index is 2.51. The fraction of sp³-hybridized carbons (Fsp3) is 0.400. The lowest BCUT2D eigenvalue weighted by atomic mass is 10.2. The van der Waals surface area contributed by atoms with E-state index in [1.807, 2.05) is 19.1 Å². The molecule has 0 spiro atoms. The van der Waals surface area contributed by atoms with E-state index in [1.54, 1.807) is 6.07 Å². The van der Waals surface area contributed by atoms with Gasteiger partial charge in [-0.15, -0.1) is 0 Å². The molecule has 0 bridgehead atoms. The Labute approximate surface area is 94.8 Å². The molecule has 5 heteroatoms. The van der Waals surface area contributed by atoms with Crippen LogP contribution in [0.4, 0.5) is 18.9 Å². The number of anilines is 1. The molecule has 0 heterocycles. The minimum atomic E-state index is -4.11. The smallest absolute Gasteiger partial charge is 0.384 e. The van der Waals surface area contributed by atoms with Crippen LogP contribution in [0.3, 0.4) is 0 Å². The molecule has 0 fully saturated rings. The van der Waals surface area contributed by atoms with Crippen LogP contribution in [0.1, 0.15) is 12.0 Å². The number of rotatable bonds is 3. The van der Waals surface area contributed by atoms with Crippen molar-refractivity contribution in [3.05, 3.63) is 28.2 Å². The van der Waals surface area contributed by atoms with Gasteiger partial charge in [0.15, 0.2) is 0 Å². The molecule has 0 saturated carbocycles. The highest BCUT2D eigenvalue weighted by Gasteiger charge is 2.26. The number of hydrogen-bond donors (Lipinski definition) is 1. The average molecular weight is 282 g/mol. The second-order valence-corrected chi connectivity index (χ2v) is 4.13. The Morgan fingerprint density at radius 1 is 1.33 bits per heavy atom. The van der Waals surface area contributed by atoms with Gasteiger partial charge in [0.1, 0.15) is 0 Å². The fourth-order valence-corrected chi connectivity index (χ4v) is 1.74. The van der Waals surface area contributed by atoms with Crippen molar-refractivity contribution >= 4 is 21.6 Å².